The summed E-state index contributed by atoms with van der Waals surface area (Å²) in [5.41, 5.74) is 2.46. The molecule has 0 amide bonds. The van der Waals surface area contributed by atoms with Gasteiger partial charge in [0.25, 0.3) is 0 Å². The predicted octanol–water partition coefficient (Wildman–Crippen LogP) is 8.69. The average Bonchev–Trinajstić information content (AvgIpc) is 2.85. The van der Waals surface area contributed by atoms with E-state index in [4.69, 9.17) is 4.74 Å². The number of hydrogen-bond acceptors (Lipinski definition) is 3. The maximum Gasteiger partial charge on any atom is 0.142 e. The highest BCUT2D eigenvalue weighted by Crippen LogP contribution is 2.22. The third-order valence-electron chi connectivity index (χ3n) is 5.25. The summed E-state index contributed by atoms with van der Waals surface area (Å²) in [5, 5.41) is 8.47. The molecule has 0 N–H and O–H groups in total. The Kier molecular flexibility index (Phi) is 9.79. The number of nitrogens with zero attached hydrogens (tertiary/aromatic N) is 2. The lowest BCUT2D eigenvalue weighted by Gasteiger charge is -2.05. The van der Waals surface area contributed by atoms with Crippen molar-refractivity contribution in [1.82, 2.24) is 0 Å². The number of aryl methyl sites for hydroxylation is 1. The van der Waals surface area contributed by atoms with E-state index >= 15 is 0 Å². The fraction of sp³-hybridized carbons (Fsp3) is 0.310. The van der Waals surface area contributed by atoms with Crippen LogP contribution in [0.4, 0.5) is 20.2 Å². The third kappa shape index (κ3) is 7.81. The SMILES string of the molecule is CCCCCOc1ccc(N=Nc2ccc(C#Cc3c(F)cc(CCCC)cc3F)cc2)cc1. The molecule has 0 bridgehead atoms. The summed E-state index contributed by atoms with van der Waals surface area (Å²) in [6.07, 6.45) is 5.91. The van der Waals surface area contributed by atoms with Gasteiger partial charge in [-0.3, -0.25) is 0 Å². The van der Waals surface area contributed by atoms with E-state index in [1.807, 2.05) is 31.2 Å². The molecule has 0 unspecified atom stereocenters. The molecule has 34 heavy (non-hydrogen) atoms. The van der Waals surface area contributed by atoms with E-state index in [0.29, 0.717) is 29.8 Å². The Labute approximate surface area is 200 Å². The van der Waals surface area contributed by atoms with Gasteiger partial charge in [0.2, 0.25) is 0 Å². The Bertz CT molecular complexity index is 1120. The summed E-state index contributed by atoms with van der Waals surface area (Å²) in [4.78, 5) is 0. The van der Waals surface area contributed by atoms with Crippen LogP contribution in [0, 0.1) is 23.5 Å². The van der Waals surface area contributed by atoms with Crippen molar-refractivity contribution < 1.29 is 13.5 Å². The standard InChI is InChI=1S/C29H30F2N2O/c1-3-5-7-19-34-26-16-14-25(15-17-26)33-32-24-12-9-22(10-13-24)11-18-27-28(30)20-23(8-6-4-2)21-29(27)31/h9-10,12-17,20-21H,3-8,19H2,1-2H3. The van der Waals surface area contributed by atoms with Crippen LogP contribution in [0.3, 0.4) is 0 Å². The summed E-state index contributed by atoms with van der Waals surface area (Å²) < 4.78 is 34.3. The van der Waals surface area contributed by atoms with Crippen molar-refractivity contribution in [3.63, 3.8) is 0 Å². The fourth-order valence-electron chi connectivity index (χ4n) is 3.28. The minimum absolute atomic E-state index is 0.207. The van der Waals surface area contributed by atoms with Crippen LogP contribution in [0.15, 0.2) is 70.9 Å². The largest absolute Gasteiger partial charge is 0.494 e. The van der Waals surface area contributed by atoms with Gasteiger partial charge in [-0.25, -0.2) is 8.78 Å². The Morgan fingerprint density at radius 2 is 1.32 bits per heavy atom. The number of hydrogen-bond donors (Lipinski definition) is 0. The van der Waals surface area contributed by atoms with E-state index < -0.39 is 11.6 Å². The summed E-state index contributed by atoms with van der Waals surface area (Å²) >= 11 is 0. The molecule has 0 heterocycles. The van der Waals surface area contributed by atoms with Crippen molar-refractivity contribution in [2.75, 3.05) is 6.61 Å². The molecule has 3 aromatic carbocycles. The van der Waals surface area contributed by atoms with Crippen molar-refractivity contribution in [1.29, 1.82) is 0 Å². The van der Waals surface area contributed by atoms with E-state index in [2.05, 4.69) is 29.0 Å². The molecular formula is C29H30F2N2O. The van der Waals surface area contributed by atoms with Crippen LogP contribution in [-0.2, 0) is 6.42 Å². The van der Waals surface area contributed by atoms with Gasteiger partial charge in [-0.15, -0.1) is 0 Å². The van der Waals surface area contributed by atoms with Crippen LogP contribution in [0.1, 0.15) is 62.6 Å². The molecule has 0 aliphatic rings. The van der Waals surface area contributed by atoms with E-state index in [1.165, 1.54) is 18.6 Å². The first-order valence-corrected chi connectivity index (χ1v) is 11.8. The second kappa shape index (κ2) is 13.3. The zero-order chi connectivity index (χ0) is 24.2. The smallest absolute Gasteiger partial charge is 0.142 e. The van der Waals surface area contributed by atoms with Gasteiger partial charge in [0.1, 0.15) is 17.4 Å². The Hall–Kier alpha value is -3.52. The fourth-order valence-corrected chi connectivity index (χ4v) is 3.28. The minimum atomic E-state index is -0.624. The lowest BCUT2D eigenvalue weighted by atomic mass is 10.0. The summed E-state index contributed by atoms with van der Waals surface area (Å²) in [5.74, 6) is 5.01. The second-order valence-electron chi connectivity index (χ2n) is 8.08. The topological polar surface area (TPSA) is 34.0 Å². The van der Waals surface area contributed by atoms with E-state index in [-0.39, 0.29) is 5.56 Å². The van der Waals surface area contributed by atoms with Gasteiger partial charge in [0, 0.05) is 5.56 Å². The molecule has 3 aromatic rings. The molecule has 0 saturated carbocycles. The molecule has 3 nitrogen and oxygen atoms in total. The molecule has 0 aromatic heterocycles. The molecule has 0 aliphatic carbocycles. The summed E-state index contributed by atoms with van der Waals surface area (Å²) in [7, 11) is 0. The van der Waals surface area contributed by atoms with Gasteiger partial charge in [-0.2, -0.15) is 10.2 Å². The van der Waals surface area contributed by atoms with Gasteiger partial charge in [-0.1, -0.05) is 45.0 Å². The lowest BCUT2D eigenvalue weighted by molar-refractivity contribution is 0.306. The highest BCUT2D eigenvalue weighted by atomic mass is 19.1. The summed E-state index contributed by atoms with van der Waals surface area (Å²) in [6.45, 7) is 4.92. The molecule has 3 rings (SSSR count). The molecule has 0 spiro atoms. The second-order valence-corrected chi connectivity index (χ2v) is 8.08. The van der Waals surface area contributed by atoms with E-state index in [0.717, 1.165) is 37.1 Å². The number of halogens is 2. The van der Waals surface area contributed by atoms with Crippen molar-refractivity contribution in [2.45, 2.75) is 52.4 Å². The van der Waals surface area contributed by atoms with Crippen LogP contribution in [0.2, 0.25) is 0 Å². The molecule has 0 saturated heterocycles. The van der Waals surface area contributed by atoms with Gasteiger partial charge < -0.3 is 4.74 Å². The van der Waals surface area contributed by atoms with Gasteiger partial charge >= 0.3 is 0 Å². The van der Waals surface area contributed by atoms with Gasteiger partial charge in [0.15, 0.2) is 0 Å². The van der Waals surface area contributed by atoms with Crippen molar-refractivity contribution in [3.05, 3.63) is 89.0 Å². The number of ether oxygens (including phenoxy) is 1. The minimum Gasteiger partial charge on any atom is -0.494 e. The first-order chi connectivity index (χ1) is 16.6. The maximum atomic E-state index is 14.3. The monoisotopic (exact) mass is 460 g/mol. The highest BCUT2D eigenvalue weighted by Gasteiger charge is 2.09. The van der Waals surface area contributed by atoms with Crippen LogP contribution in [0.25, 0.3) is 0 Å². The summed E-state index contributed by atoms with van der Waals surface area (Å²) in [6, 6.07) is 17.2. The number of rotatable bonds is 10. The van der Waals surface area contributed by atoms with E-state index in [1.54, 1.807) is 24.3 Å². The zero-order valence-corrected chi connectivity index (χ0v) is 19.8. The van der Waals surface area contributed by atoms with Crippen LogP contribution >= 0.6 is 0 Å². The van der Waals surface area contributed by atoms with Crippen LogP contribution < -0.4 is 4.74 Å². The zero-order valence-electron chi connectivity index (χ0n) is 19.8. The van der Waals surface area contributed by atoms with Crippen LogP contribution in [-0.4, -0.2) is 6.61 Å². The van der Waals surface area contributed by atoms with Crippen molar-refractivity contribution in [3.8, 4) is 17.6 Å². The first kappa shape index (κ1) is 25.1. The molecule has 176 valence electrons. The number of unbranched alkanes of at least 4 members (excludes halogenated alkanes) is 3. The normalized spacial score (nSPS) is 10.8. The van der Waals surface area contributed by atoms with E-state index in [9.17, 15) is 8.78 Å². The number of benzene rings is 3. The average molecular weight is 461 g/mol. The Morgan fingerprint density at radius 1 is 0.735 bits per heavy atom. The first-order valence-electron chi connectivity index (χ1n) is 11.8. The third-order valence-corrected chi connectivity index (χ3v) is 5.25. The van der Waals surface area contributed by atoms with Gasteiger partial charge in [0.05, 0.1) is 23.5 Å². The van der Waals surface area contributed by atoms with Crippen molar-refractivity contribution in [2.24, 2.45) is 10.2 Å². The predicted molar refractivity (Wildman–Crippen MR) is 133 cm³/mol. The quantitative estimate of drug-likeness (QED) is 0.169. The molecule has 5 heteroatoms. The Morgan fingerprint density at radius 3 is 1.91 bits per heavy atom. The van der Waals surface area contributed by atoms with Crippen LogP contribution in [0.5, 0.6) is 5.75 Å². The molecular weight excluding hydrogens is 430 g/mol. The highest BCUT2D eigenvalue weighted by molar-refractivity contribution is 5.49. The molecule has 0 fully saturated rings. The molecule has 0 radical (unpaired) electrons. The maximum absolute atomic E-state index is 14.3. The lowest BCUT2D eigenvalue weighted by Crippen LogP contribution is -1.96. The Balaban J connectivity index is 1.60. The molecule has 0 aliphatic heterocycles. The van der Waals surface area contributed by atoms with Gasteiger partial charge in [-0.05, 0) is 85.5 Å². The van der Waals surface area contributed by atoms with Crippen molar-refractivity contribution >= 4 is 11.4 Å². The molecule has 0 atom stereocenters. The number of azo groups is 1.